The monoisotopic (exact) mass is 2060 g/mol. The summed E-state index contributed by atoms with van der Waals surface area (Å²) in [5, 5.41) is 0. The number of Topliss-reactive ketones (excluding diaryl/α,β-unsaturated/α-hetero) is 4. The van der Waals surface area contributed by atoms with Gasteiger partial charge >= 0.3 is 24.1 Å². The number of hydrogen-bond acceptors (Lipinski definition) is 20. The van der Waals surface area contributed by atoms with Crippen LogP contribution in [-0.4, -0.2) is 197 Å². The number of ether oxygens (including phenoxy) is 4. The number of rotatable bonds is 84. The van der Waals surface area contributed by atoms with Crippen LogP contribution in [-0.2, 0) is 38.4 Å². The number of nitrogens with two attached hydrogens (primary N) is 4. The van der Waals surface area contributed by atoms with E-state index in [0.29, 0.717) is 149 Å². The first-order valence-electron chi connectivity index (χ1n) is 57.9. The van der Waals surface area contributed by atoms with Gasteiger partial charge in [0.15, 0.2) is 0 Å². The lowest BCUT2D eigenvalue weighted by Gasteiger charge is -2.23. The number of hydrogen-bond donors (Lipinski definition) is 4. The molecule has 4 aliphatic heterocycles. The molecule has 0 spiro atoms. The quantitative estimate of drug-likeness (QED) is 0.0236. The van der Waals surface area contributed by atoms with Crippen molar-refractivity contribution in [3.8, 4) is 23.0 Å². The van der Waals surface area contributed by atoms with Crippen LogP contribution in [0.1, 0.15) is 413 Å². The summed E-state index contributed by atoms with van der Waals surface area (Å²) in [5.74, 6) is 2.96. The lowest BCUT2D eigenvalue weighted by molar-refractivity contribution is -0.121. The molecule has 0 radical (unpaired) electrons. The Kier molecular flexibility index (Phi) is 69.9. The Labute approximate surface area is 890 Å². The zero-order valence-electron chi connectivity index (χ0n) is 92.9. The van der Waals surface area contributed by atoms with Crippen molar-refractivity contribution in [1.82, 2.24) is 19.6 Å². The van der Waals surface area contributed by atoms with E-state index in [2.05, 4.69) is 27.7 Å². The Balaban J connectivity index is 0.000000347. The predicted molar refractivity (Wildman–Crippen MR) is 600 cm³/mol. The van der Waals surface area contributed by atoms with Crippen LogP contribution in [0.5, 0.6) is 23.0 Å². The second kappa shape index (κ2) is 80.3. The standard InChI is InChI=1S/C33H55N3O4.C31H51N3O4.C29H47N3O4.C27H43N3O4/c1-3-4-5-6-7-8-9-10-11-12-13-14-15-19-30(37)25-28(18-16-17-24-34)26-35-27-32(38)36(33(35)39)29-20-22-31(40-2)23-21-29;1-3-4-5-6-7-8-9-10-11-12-13-17-28(35)23-26(16-14-15-22-32)24-33-25-30(36)34(31(33)37)27-18-20-29(38-2)21-19-27;1-3-4-5-6-7-8-9-10-11-15-26(33)21-24(14-12-13-20-30)22-31-23-28(34)32(29(31)35)25-16-18-27(36-2)19-17-25;1-3-4-5-6-7-8-9-13-24(31)19-22(12-10-11-18-28)20-29-21-26(32)30(27(29)33)23-14-16-25(34-2)17-15-23/h20-23,28H,3-19,24-27,34H2,1-2H3;18-21,26H,3-17,22-25,32H2,1-2H3;16-19,24H,3-15,20-23,30H2,1-2H3;14-17,22H,3-13,18-21,28H2,1-2H3. The van der Waals surface area contributed by atoms with Gasteiger partial charge in [-0.1, -0.05) is 285 Å². The lowest BCUT2D eigenvalue weighted by atomic mass is 9.93. The number of nitrogens with zero attached hydrogens (tertiary/aromatic N) is 8. The fourth-order valence-electron chi connectivity index (χ4n) is 20.2. The first-order valence-corrected chi connectivity index (χ1v) is 57.9. The Hall–Kier alpha value is -9.64. The molecule has 0 aliphatic carbocycles. The maximum absolute atomic E-state index is 13.1. The van der Waals surface area contributed by atoms with E-state index >= 15 is 0 Å². The SMILES string of the molecule is CCCCCCCCCC(=O)CC(CCCCN)CN1CC(=O)N(c2ccc(OC)cc2)C1=O.CCCCCCCCCCCC(=O)CC(CCCCN)CN1CC(=O)N(c2ccc(OC)cc2)C1=O.CCCCCCCCCCCCCC(=O)CC(CCCCN)CN1CC(=O)N(c2ccc(OC)cc2)C1=O.CCCCCCCCCCCCCCCC(=O)CC(CCCCN)CN1CC(=O)N(c2ccc(OC)cc2)C1=O. The van der Waals surface area contributed by atoms with Crippen molar-refractivity contribution in [3.05, 3.63) is 97.1 Å². The Morgan fingerprint density at radius 3 is 0.534 bits per heavy atom. The molecule has 4 aromatic rings. The molecule has 28 nitrogen and oxygen atoms in total. The summed E-state index contributed by atoms with van der Waals surface area (Å²) in [4.78, 5) is 165. The number of methoxy groups -OCH3 is 4. The molecule has 0 saturated carbocycles. The van der Waals surface area contributed by atoms with Gasteiger partial charge in [-0.25, -0.2) is 38.8 Å². The minimum Gasteiger partial charge on any atom is -0.497 e. The fraction of sp³-hybridized carbons (Fsp3) is 0.700. The minimum absolute atomic E-state index is 0.0458. The molecule has 4 unspecified atom stereocenters. The largest absolute Gasteiger partial charge is 0.497 e. The second-order valence-electron chi connectivity index (χ2n) is 41.7. The summed E-state index contributed by atoms with van der Waals surface area (Å²) in [7, 11) is 6.30. The lowest BCUT2D eigenvalue weighted by Crippen LogP contribution is -2.36. The van der Waals surface area contributed by atoms with Crippen molar-refractivity contribution < 1.29 is 76.5 Å². The number of ketones is 4. The maximum atomic E-state index is 13.1. The Morgan fingerprint density at radius 1 is 0.230 bits per heavy atom. The van der Waals surface area contributed by atoms with Gasteiger partial charge in [0.2, 0.25) is 0 Å². The molecule has 148 heavy (non-hydrogen) atoms. The number of carbonyl (C=O) groups is 12. The predicted octanol–water partition coefficient (Wildman–Crippen LogP) is 25.9. The highest BCUT2D eigenvalue weighted by Gasteiger charge is 2.43. The number of unbranched alkanes of at least 4 members (excludes halogenated alkanes) is 40. The van der Waals surface area contributed by atoms with E-state index in [1.54, 1.807) is 145 Å². The summed E-state index contributed by atoms with van der Waals surface area (Å²) in [6, 6.07) is 26.3. The summed E-state index contributed by atoms with van der Waals surface area (Å²) in [6.07, 6.45) is 64.9. The van der Waals surface area contributed by atoms with Crippen molar-refractivity contribution in [1.29, 1.82) is 0 Å². The highest BCUT2D eigenvalue weighted by molar-refractivity contribution is 6.22. The van der Waals surface area contributed by atoms with Crippen LogP contribution in [0.4, 0.5) is 41.9 Å². The summed E-state index contributed by atoms with van der Waals surface area (Å²) in [5.41, 5.74) is 24.9. The molecule has 4 aromatic carbocycles. The Morgan fingerprint density at radius 2 is 0.385 bits per heavy atom. The minimum atomic E-state index is -0.321. The van der Waals surface area contributed by atoms with E-state index in [0.717, 1.165) is 128 Å². The van der Waals surface area contributed by atoms with Gasteiger partial charge in [0.1, 0.15) is 72.3 Å². The molecule has 4 aliphatic rings. The van der Waals surface area contributed by atoms with Gasteiger partial charge in [-0.2, -0.15) is 0 Å². The first-order chi connectivity index (χ1) is 72.0. The van der Waals surface area contributed by atoms with Crippen molar-refractivity contribution in [2.24, 2.45) is 46.6 Å². The molecule has 0 aromatic heterocycles. The summed E-state index contributed by atoms with van der Waals surface area (Å²) >= 11 is 0. The van der Waals surface area contributed by atoms with E-state index in [9.17, 15) is 57.5 Å². The molecule has 8 N–H and O–H groups in total. The van der Waals surface area contributed by atoms with Gasteiger partial charge in [-0.05, 0) is 224 Å². The van der Waals surface area contributed by atoms with Crippen LogP contribution in [0.25, 0.3) is 0 Å². The van der Waals surface area contributed by atoms with Crippen LogP contribution in [0, 0.1) is 23.7 Å². The fourth-order valence-corrected chi connectivity index (χ4v) is 20.2. The average Bonchev–Trinajstić information content (AvgIpc) is 1.67. The maximum Gasteiger partial charge on any atom is 0.331 e. The molecular weight excluding hydrogens is 1870 g/mol. The van der Waals surface area contributed by atoms with Crippen molar-refractivity contribution in [3.63, 3.8) is 0 Å². The van der Waals surface area contributed by atoms with E-state index < -0.39 is 0 Å². The molecule has 8 rings (SSSR count). The van der Waals surface area contributed by atoms with E-state index in [-0.39, 0.29) is 121 Å². The smallest absolute Gasteiger partial charge is 0.331 e. The Bertz CT molecular complexity index is 4330. The third-order valence-electron chi connectivity index (χ3n) is 29.0. The highest BCUT2D eigenvalue weighted by Crippen LogP contribution is 2.34. The molecule has 28 heteroatoms. The van der Waals surface area contributed by atoms with Crippen LogP contribution < -0.4 is 61.5 Å². The van der Waals surface area contributed by atoms with Gasteiger partial charge in [-0.15, -0.1) is 0 Å². The molecule has 12 amide bonds. The third-order valence-corrected chi connectivity index (χ3v) is 29.0. The van der Waals surface area contributed by atoms with E-state index in [1.165, 1.54) is 225 Å². The number of anilines is 4. The zero-order chi connectivity index (χ0) is 108. The van der Waals surface area contributed by atoms with Crippen LogP contribution >= 0.6 is 0 Å². The highest BCUT2D eigenvalue weighted by atomic mass is 16.5. The first kappa shape index (κ1) is 129. The van der Waals surface area contributed by atoms with Gasteiger partial charge in [-0.3, -0.25) is 38.4 Å². The third kappa shape index (κ3) is 52.4. The number of carbonyl (C=O) groups excluding carboxylic acids is 12. The van der Waals surface area contributed by atoms with Gasteiger partial charge < -0.3 is 61.5 Å². The number of amides is 12. The molecule has 4 fully saturated rings. The van der Waals surface area contributed by atoms with Gasteiger partial charge in [0.05, 0.1) is 51.2 Å². The zero-order valence-corrected chi connectivity index (χ0v) is 92.9. The normalized spacial score (nSPS) is 14.5. The second-order valence-corrected chi connectivity index (χ2v) is 41.7. The van der Waals surface area contributed by atoms with Crippen LogP contribution in [0.2, 0.25) is 0 Å². The summed E-state index contributed by atoms with van der Waals surface area (Å²) < 4.78 is 20.7. The van der Waals surface area contributed by atoms with Gasteiger partial charge in [0, 0.05) is 77.5 Å². The number of urea groups is 4. The van der Waals surface area contributed by atoms with Crippen molar-refractivity contribution in [2.45, 2.75) is 413 Å². The number of benzene rings is 4. The topological polar surface area (TPSA) is 372 Å². The summed E-state index contributed by atoms with van der Waals surface area (Å²) in [6.45, 7) is 13.3. The molecule has 832 valence electrons. The average molecular weight is 2060 g/mol. The van der Waals surface area contributed by atoms with E-state index in [4.69, 9.17) is 41.9 Å². The molecule has 0 bridgehead atoms. The molecule has 4 atom stereocenters. The van der Waals surface area contributed by atoms with Crippen molar-refractivity contribution in [2.75, 3.05) is 127 Å². The van der Waals surface area contributed by atoms with E-state index in [1.807, 2.05) is 0 Å². The molecular formula is C120H196N12O16. The molecule has 4 saturated heterocycles. The van der Waals surface area contributed by atoms with Crippen LogP contribution in [0.15, 0.2) is 97.1 Å². The molecule has 4 heterocycles. The van der Waals surface area contributed by atoms with Crippen LogP contribution in [0.3, 0.4) is 0 Å². The van der Waals surface area contributed by atoms with Gasteiger partial charge in [0.25, 0.3) is 23.6 Å². The number of imide groups is 4. The van der Waals surface area contributed by atoms with Crippen molar-refractivity contribution >= 4 is 93.6 Å².